The minimum atomic E-state index is 0.467. The molecule has 1 aliphatic heterocycles. The normalized spacial score (nSPS) is 16.3. The lowest BCUT2D eigenvalue weighted by Crippen LogP contribution is -2.46. The zero-order valence-electron chi connectivity index (χ0n) is 17.6. The number of nitrogens with one attached hydrogen (secondary N) is 1. The Morgan fingerprint density at radius 3 is 2.62 bits per heavy atom. The van der Waals surface area contributed by atoms with Crippen LogP contribution in [0.1, 0.15) is 23.6 Å². The quantitative estimate of drug-likeness (QED) is 0.711. The lowest BCUT2D eigenvalue weighted by molar-refractivity contribution is 0.138. The lowest BCUT2D eigenvalue weighted by Gasteiger charge is -2.34. The number of likely N-dealkylation sites (N-methyl/N-ethyl adjacent to an activating group) is 1. The highest BCUT2D eigenvalue weighted by Crippen LogP contribution is 2.16. The first-order valence-electron chi connectivity index (χ1n) is 10.4. The van der Waals surface area contributed by atoms with Crippen LogP contribution in [0.5, 0.6) is 5.75 Å². The van der Waals surface area contributed by atoms with Gasteiger partial charge in [0.05, 0.1) is 11.6 Å². The van der Waals surface area contributed by atoms with Gasteiger partial charge in [0.2, 0.25) is 0 Å². The number of hydrogen-bond acceptors (Lipinski definition) is 5. The summed E-state index contributed by atoms with van der Waals surface area (Å²) in [5.74, 6) is 1.49. The molecule has 1 heterocycles. The van der Waals surface area contributed by atoms with Crippen molar-refractivity contribution in [3.05, 3.63) is 65.2 Å². The van der Waals surface area contributed by atoms with Crippen LogP contribution in [-0.2, 0) is 13.2 Å². The molecule has 1 aliphatic rings. The number of nitriles is 1. The van der Waals surface area contributed by atoms with Gasteiger partial charge in [0.15, 0.2) is 0 Å². The SMILES string of the molecule is CC(CNCc1cccc(OCc2cccc(C#N)c2)c1)CN1CCN(C)CC1. The Hall–Kier alpha value is -2.39. The summed E-state index contributed by atoms with van der Waals surface area (Å²) in [6.45, 7) is 10.5. The highest BCUT2D eigenvalue weighted by atomic mass is 16.5. The highest BCUT2D eigenvalue weighted by molar-refractivity contribution is 5.33. The van der Waals surface area contributed by atoms with Crippen LogP contribution in [0.25, 0.3) is 0 Å². The molecule has 0 spiro atoms. The molecule has 0 bridgehead atoms. The van der Waals surface area contributed by atoms with Crippen LogP contribution < -0.4 is 10.1 Å². The number of rotatable bonds is 9. The molecule has 5 nitrogen and oxygen atoms in total. The fourth-order valence-electron chi connectivity index (χ4n) is 3.64. The molecule has 3 rings (SSSR count). The maximum Gasteiger partial charge on any atom is 0.120 e. The van der Waals surface area contributed by atoms with Crippen molar-refractivity contribution in [1.29, 1.82) is 5.26 Å². The second-order valence-electron chi connectivity index (χ2n) is 8.09. The largest absolute Gasteiger partial charge is 0.489 e. The first-order chi connectivity index (χ1) is 14.1. The third-order valence-electron chi connectivity index (χ3n) is 5.35. The van der Waals surface area contributed by atoms with Crippen LogP contribution in [0.15, 0.2) is 48.5 Å². The van der Waals surface area contributed by atoms with Gasteiger partial charge in [-0.15, -0.1) is 0 Å². The van der Waals surface area contributed by atoms with E-state index < -0.39 is 0 Å². The Kier molecular flexibility index (Phi) is 8.06. The Labute approximate surface area is 174 Å². The van der Waals surface area contributed by atoms with E-state index in [1.165, 1.54) is 31.7 Å². The van der Waals surface area contributed by atoms with Crippen LogP contribution >= 0.6 is 0 Å². The molecule has 1 fully saturated rings. The topological polar surface area (TPSA) is 51.5 Å². The average Bonchev–Trinajstić information content (AvgIpc) is 2.74. The predicted octanol–water partition coefficient (Wildman–Crippen LogP) is 3.11. The predicted molar refractivity (Wildman–Crippen MR) is 117 cm³/mol. The zero-order chi connectivity index (χ0) is 20.5. The summed E-state index contributed by atoms with van der Waals surface area (Å²) in [6, 6.07) is 17.9. The van der Waals surface area contributed by atoms with Gasteiger partial charge < -0.3 is 19.9 Å². The maximum absolute atomic E-state index is 9.01. The van der Waals surface area contributed by atoms with Crippen molar-refractivity contribution in [2.24, 2.45) is 5.92 Å². The van der Waals surface area contributed by atoms with Gasteiger partial charge in [0.25, 0.3) is 0 Å². The summed E-state index contributed by atoms with van der Waals surface area (Å²) in [4.78, 5) is 4.97. The monoisotopic (exact) mass is 392 g/mol. The van der Waals surface area contributed by atoms with Crippen LogP contribution in [0.2, 0.25) is 0 Å². The first kappa shape index (κ1) is 21.3. The summed E-state index contributed by atoms with van der Waals surface area (Å²) in [6.07, 6.45) is 0. The zero-order valence-corrected chi connectivity index (χ0v) is 17.6. The summed E-state index contributed by atoms with van der Waals surface area (Å²) in [7, 11) is 2.20. The van der Waals surface area contributed by atoms with E-state index in [2.05, 4.69) is 47.3 Å². The van der Waals surface area contributed by atoms with Crippen molar-refractivity contribution in [2.45, 2.75) is 20.1 Å². The fourth-order valence-corrected chi connectivity index (χ4v) is 3.64. The minimum Gasteiger partial charge on any atom is -0.489 e. The second kappa shape index (κ2) is 11.0. The fraction of sp³-hybridized carbons (Fsp3) is 0.458. The number of nitrogens with zero attached hydrogens (tertiary/aromatic N) is 3. The maximum atomic E-state index is 9.01. The van der Waals surface area contributed by atoms with Gasteiger partial charge in [-0.3, -0.25) is 0 Å². The summed E-state index contributed by atoms with van der Waals surface area (Å²) in [5.41, 5.74) is 2.89. The third-order valence-corrected chi connectivity index (χ3v) is 5.35. The molecule has 29 heavy (non-hydrogen) atoms. The van der Waals surface area contributed by atoms with Crippen LogP contribution in [0.3, 0.4) is 0 Å². The molecule has 154 valence electrons. The third kappa shape index (κ3) is 7.17. The van der Waals surface area contributed by atoms with Gasteiger partial charge >= 0.3 is 0 Å². The Balaban J connectivity index is 1.40. The number of benzene rings is 2. The lowest BCUT2D eigenvalue weighted by atomic mass is 10.1. The Morgan fingerprint density at radius 2 is 1.83 bits per heavy atom. The number of ether oxygens (including phenoxy) is 1. The molecule has 1 unspecified atom stereocenters. The standard InChI is InChI=1S/C24H32N4O/c1-20(18-28-11-9-27(2)10-12-28)16-26-17-22-6-4-8-24(14-22)29-19-23-7-3-5-21(13-23)15-25/h3-8,13-14,20,26H,9-12,16-19H2,1-2H3. The second-order valence-corrected chi connectivity index (χ2v) is 8.09. The summed E-state index contributed by atoms with van der Waals surface area (Å²) in [5, 5.41) is 12.6. The van der Waals surface area contributed by atoms with Gasteiger partial charge in [0.1, 0.15) is 12.4 Å². The smallest absolute Gasteiger partial charge is 0.120 e. The van der Waals surface area contributed by atoms with Crippen LogP contribution in [0, 0.1) is 17.2 Å². The van der Waals surface area contributed by atoms with E-state index in [-0.39, 0.29) is 0 Å². The molecule has 1 atom stereocenters. The molecular formula is C24H32N4O. The van der Waals surface area contributed by atoms with Crippen LogP contribution in [-0.4, -0.2) is 56.1 Å². The molecule has 0 aromatic heterocycles. The van der Waals surface area contributed by atoms with Crippen molar-refractivity contribution in [3.63, 3.8) is 0 Å². The van der Waals surface area contributed by atoms with E-state index in [0.717, 1.165) is 30.9 Å². The average molecular weight is 393 g/mol. The number of hydrogen-bond donors (Lipinski definition) is 1. The highest BCUT2D eigenvalue weighted by Gasteiger charge is 2.15. The molecule has 2 aromatic rings. The van der Waals surface area contributed by atoms with E-state index in [4.69, 9.17) is 10.00 Å². The molecular weight excluding hydrogens is 360 g/mol. The van der Waals surface area contributed by atoms with Crippen molar-refractivity contribution in [2.75, 3.05) is 46.3 Å². The molecule has 0 amide bonds. The molecule has 1 saturated heterocycles. The van der Waals surface area contributed by atoms with Crippen molar-refractivity contribution in [3.8, 4) is 11.8 Å². The van der Waals surface area contributed by atoms with E-state index in [0.29, 0.717) is 18.1 Å². The minimum absolute atomic E-state index is 0.467. The number of piperazine rings is 1. The Bertz CT molecular complexity index is 809. The van der Waals surface area contributed by atoms with Crippen molar-refractivity contribution < 1.29 is 4.74 Å². The summed E-state index contributed by atoms with van der Waals surface area (Å²) < 4.78 is 5.92. The molecule has 5 heteroatoms. The molecule has 2 aromatic carbocycles. The van der Waals surface area contributed by atoms with E-state index in [1.54, 1.807) is 6.07 Å². The van der Waals surface area contributed by atoms with E-state index >= 15 is 0 Å². The van der Waals surface area contributed by atoms with Gasteiger partial charge in [-0.1, -0.05) is 31.2 Å². The van der Waals surface area contributed by atoms with Gasteiger partial charge in [0, 0.05) is 39.3 Å². The van der Waals surface area contributed by atoms with Crippen molar-refractivity contribution >= 4 is 0 Å². The van der Waals surface area contributed by atoms with Gasteiger partial charge in [-0.05, 0) is 54.9 Å². The van der Waals surface area contributed by atoms with E-state index in [9.17, 15) is 0 Å². The van der Waals surface area contributed by atoms with E-state index in [1.807, 2.05) is 30.3 Å². The summed E-state index contributed by atoms with van der Waals surface area (Å²) >= 11 is 0. The van der Waals surface area contributed by atoms with Crippen LogP contribution in [0.4, 0.5) is 0 Å². The molecule has 1 N–H and O–H groups in total. The van der Waals surface area contributed by atoms with Crippen molar-refractivity contribution in [1.82, 2.24) is 15.1 Å². The van der Waals surface area contributed by atoms with Gasteiger partial charge in [-0.2, -0.15) is 5.26 Å². The molecule has 0 aliphatic carbocycles. The molecule has 0 saturated carbocycles. The Morgan fingerprint density at radius 1 is 1.07 bits per heavy atom. The first-order valence-corrected chi connectivity index (χ1v) is 10.4. The molecule has 0 radical (unpaired) electrons. The van der Waals surface area contributed by atoms with Gasteiger partial charge in [-0.25, -0.2) is 0 Å².